The van der Waals surface area contributed by atoms with Gasteiger partial charge in [-0.15, -0.1) is 0 Å². The summed E-state index contributed by atoms with van der Waals surface area (Å²) in [7, 11) is 0. The zero-order chi connectivity index (χ0) is 16.0. The van der Waals surface area contributed by atoms with E-state index in [1.165, 1.54) is 12.1 Å². The Kier molecular flexibility index (Phi) is 6.20. The Morgan fingerprint density at radius 1 is 1.24 bits per heavy atom. The lowest BCUT2D eigenvalue weighted by molar-refractivity contribution is -0.137. The summed E-state index contributed by atoms with van der Waals surface area (Å²) in [4.78, 5) is 11.9. The first-order valence-corrected chi connectivity index (χ1v) is 6.88. The van der Waals surface area contributed by atoms with Gasteiger partial charge in [-0.05, 0) is 30.0 Å². The summed E-state index contributed by atoms with van der Waals surface area (Å²) in [5.74, 6) is -0.0686. The number of hydrogen-bond acceptors (Lipinski definition) is 2. The Morgan fingerprint density at radius 3 is 2.24 bits per heavy atom. The van der Waals surface area contributed by atoms with E-state index < -0.39 is 11.7 Å². The minimum Gasteiger partial charge on any atom is -0.352 e. The highest BCUT2D eigenvalue weighted by atomic mass is 19.4. The molecule has 0 fully saturated rings. The van der Waals surface area contributed by atoms with Crippen LogP contribution in [0.2, 0.25) is 0 Å². The Hall–Kier alpha value is -1.56. The molecule has 3 N–H and O–H groups in total. The second-order valence-corrected chi connectivity index (χ2v) is 5.47. The molecule has 3 nitrogen and oxygen atoms in total. The van der Waals surface area contributed by atoms with Crippen molar-refractivity contribution in [2.75, 3.05) is 6.54 Å². The number of halogens is 3. The molecule has 0 aliphatic carbocycles. The van der Waals surface area contributed by atoms with Gasteiger partial charge in [0.2, 0.25) is 5.91 Å². The number of rotatable bonds is 6. The molecule has 1 rings (SSSR count). The number of amides is 1. The van der Waals surface area contributed by atoms with Gasteiger partial charge >= 0.3 is 6.18 Å². The molecule has 1 aromatic carbocycles. The van der Waals surface area contributed by atoms with Crippen molar-refractivity contribution in [2.45, 2.75) is 33.0 Å². The lowest BCUT2D eigenvalue weighted by Crippen LogP contribution is -2.35. The first-order valence-electron chi connectivity index (χ1n) is 6.88. The average Bonchev–Trinajstić information content (AvgIpc) is 2.41. The largest absolute Gasteiger partial charge is 0.416 e. The van der Waals surface area contributed by atoms with Crippen LogP contribution in [-0.2, 0) is 17.5 Å². The molecule has 21 heavy (non-hydrogen) atoms. The number of nitrogens with one attached hydrogen (secondary N) is 1. The van der Waals surface area contributed by atoms with Crippen LogP contribution in [0.5, 0.6) is 0 Å². The second-order valence-electron chi connectivity index (χ2n) is 5.47. The van der Waals surface area contributed by atoms with Gasteiger partial charge in [-0.25, -0.2) is 0 Å². The van der Waals surface area contributed by atoms with Crippen molar-refractivity contribution < 1.29 is 18.0 Å². The summed E-state index contributed by atoms with van der Waals surface area (Å²) in [5.41, 5.74) is 5.50. The summed E-state index contributed by atoms with van der Waals surface area (Å²) >= 11 is 0. The molecule has 1 aromatic rings. The summed E-state index contributed by atoms with van der Waals surface area (Å²) in [6, 6.07) is 4.75. The summed E-state index contributed by atoms with van der Waals surface area (Å²) in [6.45, 7) is 4.47. The quantitative estimate of drug-likeness (QED) is 0.849. The Balaban J connectivity index is 2.56. The van der Waals surface area contributed by atoms with Gasteiger partial charge in [0.05, 0.1) is 11.5 Å². The van der Waals surface area contributed by atoms with Gasteiger partial charge in [-0.2, -0.15) is 13.2 Å². The van der Waals surface area contributed by atoms with Crippen molar-refractivity contribution in [2.24, 2.45) is 17.6 Å². The molecule has 1 amide bonds. The highest BCUT2D eigenvalue weighted by Crippen LogP contribution is 2.29. The topological polar surface area (TPSA) is 55.1 Å². The summed E-state index contributed by atoms with van der Waals surface area (Å²) < 4.78 is 37.3. The Bertz CT molecular complexity index is 455. The van der Waals surface area contributed by atoms with E-state index in [1.54, 1.807) is 0 Å². The van der Waals surface area contributed by atoms with Crippen molar-refractivity contribution in [1.29, 1.82) is 0 Å². The Morgan fingerprint density at radius 2 is 1.81 bits per heavy atom. The first kappa shape index (κ1) is 17.5. The van der Waals surface area contributed by atoms with Gasteiger partial charge in [0.15, 0.2) is 0 Å². The van der Waals surface area contributed by atoms with Crippen molar-refractivity contribution in [1.82, 2.24) is 5.32 Å². The van der Waals surface area contributed by atoms with Gasteiger partial charge in [0.25, 0.3) is 0 Å². The van der Waals surface area contributed by atoms with E-state index in [0.29, 0.717) is 17.9 Å². The summed E-state index contributed by atoms with van der Waals surface area (Å²) in [5, 5.41) is 2.71. The maximum absolute atomic E-state index is 12.4. The lowest BCUT2D eigenvalue weighted by atomic mass is 9.96. The monoisotopic (exact) mass is 302 g/mol. The van der Waals surface area contributed by atoms with Crippen LogP contribution in [0.1, 0.15) is 31.4 Å². The zero-order valence-electron chi connectivity index (χ0n) is 12.2. The third-order valence-corrected chi connectivity index (χ3v) is 3.16. The standard InChI is InChI=1S/C15H21F3N2O/c1-10(2)7-12(8-19)14(21)20-9-11-3-5-13(6-4-11)15(16,17)18/h3-6,10,12H,7-9,19H2,1-2H3,(H,20,21)/t12-/m1/s1. The van der Waals surface area contributed by atoms with Crippen molar-refractivity contribution in [3.05, 3.63) is 35.4 Å². The molecule has 0 saturated carbocycles. The molecule has 0 radical (unpaired) electrons. The van der Waals surface area contributed by atoms with Gasteiger partial charge in [-0.1, -0.05) is 26.0 Å². The molecule has 118 valence electrons. The zero-order valence-corrected chi connectivity index (χ0v) is 12.2. The molecule has 0 saturated heterocycles. The highest BCUT2D eigenvalue weighted by molar-refractivity contribution is 5.78. The molecule has 1 atom stereocenters. The smallest absolute Gasteiger partial charge is 0.352 e. The molecule has 0 bridgehead atoms. The predicted molar refractivity (Wildman–Crippen MR) is 75.3 cm³/mol. The average molecular weight is 302 g/mol. The maximum Gasteiger partial charge on any atom is 0.416 e. The molecule has 0 aliphatic rings. The third-order valence-electron chi connectivity index (χ3n) is 3.16. The number of carbonyl (C=O) groups excluding carboxylic acids is 1. The van der Waals surface area contributed by atoms with Gasteiger partial charge in [0.1, 0.15) is 0 Å². The van der Waals surface area contributed by atoms with Crippen LogP contribution in [0.25, 0.3) is 0 Å². The van der Waals surface area contributed by atoms with Gasteiger partial charge < -0.3 is 11.1 Å². The first-order chi connectivity index (χ1) is 9.74. The normalized spacial score (nSPS) is 13.3. The van der Waals surface area contributed by atoms with Gasteiger partial charge in [0, 0.05) is 13.1 Å². The minimum atomic E-state index is -4.34. The maximum atomic E-state index is 12.4. The fraction of sp³-hybridized carbons (Fsp3) is 0.533. The van der Waals surface area contributed by atoms with E-state index in [4.69, 9.17) is 5.73 Å². The molecule has 0 unspecified atom stereocenters. The fourth-order valence-electron chi connectivity index (χ4n) is 2.02. The molecule has 6 heteroatoms. The van der Waals surface area contributed by atoms with Crippen LogP contribution in [0, 0.1) is 11.8 Å². The van der Waals surface area contributed by atoms with Crippen LogP contribution >= 0.6 is 0 Å². The van der Waals surface area contributed by atoms with Crippen LogP contribution < -0.4 is 11.1 Å². The highest BCUT2D eigenvalue weighted by Gasteiger charge is 2.29. The van der Waals surface area contributed by atoms with E-state index >= 15 is 0 Å². The number of alkyl halides is 3. The predicted octanol–water partition coefficient (Wildman–Crippen LogP) is 2.94. The number of hydrogen-bond donors (Lipinski definition) is 2. The van der Waals surface area contributed by atoms with Crippen LogP contribution in [0.15, 0.2) is 24.3 Å². The van der Waals surface area contributed by atoms with Crippen molar-refractivity contribution in [3.8, 4) is 0 Å². The second kappa shape index (κ2) is 7.45. The summed E-state index contributed by atoms with van der Waals surface area (Å²) in [6.07, 6.45) is -3.65. The van der Waals surface area contributed by atoms with E-state index in [-0.39, 0.29) is 24.9 Å². The van der Waals surface area contributed by atoms with E-state index in [1.807, 2.05) is 13.8 Å². The van der Waals surface area contributed by atoms with Crippen molar-refractivity contribution >= 4 is 5.91 Å². The Labute approximate surface area is 122 Å². The van der Waals surface area contributed by atoms with E-state index in [2.05, 4.69) is 5.32 Å². The SMILES string of the molecule is CC(C)C[C@H](CN)C(=O)NCc1ccc(C(F)(F)F)cc1. The lowest BCUT2D eigenvalue weighted by Gasteiger charge is -2.17. The van der Waals surface area contributed by atoms with Crippen molar-refractivity contribution in [3.63, 3.8) is 0 Å². The molecule has 0 heterocycles. The number of benzene rings is 1. The third kappa shape index (κ3) is 5.75. The number of carbonyl (C=O) groups is 1. The van der Waals surface area contributed by atoms with E-state index in [0.717, 1.165) is 12.1 Å². The minimum absolute atomic E-state index is 0.161. The van der Waals surface area contributed by atoms with E-state index in [9.17, 15) is 18.0 Å². The van der Waals surface area contributed by atoms with Crippen LogP contribution in [0.4, 0.5) is 13.2 Å². The molecule has 0 spiro atoms. The fourth-order valence-corrected chi connectivity index (χ4v) is 2.02. The number of nitrogens with two attached hydrogens (primary N) is 1. The van der Waals surface area contributed by atoms with Gasteiger partial charge in [-0.3, -0.25) is 4.79 Å². The van der Waals surface area contributed by atoms with Crippen LogP contribution in [0.3, 0.4) is 0 Å². The molecule has 0 aromatic heterocycles. The molecular formula is C15H21F3N2O. The van der Waals surface area contributed by atoms with Crippen LogP contribution in [-0.4, -0.2) is 12.5 Å². The molecular weight excluding hydrogens is 281 g/mol. The molecule has 0 aliphatic heterocycles.